The molecule has 0 amide bonds. The Morgan fingerprint density at radius 2 is 0.893 bits per heavy atom. The van der Waals surface area contributed by atoms with Crippen molar-refractivity contribution < 1.29 is 4.43 Å². The maximum Gasteiger partial charge on any atom is 0.146 e. The highest BCUT2D eigenvalue weighted by atomic mass is 28.2. The van der Waals surface area contributed by atoms with Gasteiger partial charge in [-0.2, -0.15) is 0 Å². The van der Waals surface area contributed by atoms with E-state index in [2.05, 4.69) is 41.5 Å². The van der Waals surface area contributed by atoms with Gasteiger partial charge in [0.25, 0.3) is 0 Å². The Balaban J connectivity index is 3.69. The van der Waals surface area contributed by atoms with Crippen LogP contribution in [0.5, 0.6) is 0 Å². The molecule has 0 aliphatic rings. The molecule has 1 unspecified atom stereocenters. The van der Waals surface area contributed by atoms with Gasteiger partial charge in [0.15, 0.2) is 0 Å². The molecular weight excluding hydrogens is 356 g/mol. The van der Waals surface area contributed by atoms with Gasteiger partial charge in [0.1, 0.15) is 10.5 Å². The molecule has 0 aliphatic carbocycles. The molecule has 2 heteroatoms. The summed E-state index contributed by atoms with van der Waals surface area (Å²) in [5.74, 6) is 1.39. The van der Waals surface area contributed by atoms with Crippen molar-refractivity contribution in [1.82, 2.24) is 0 Å². The predicted molar refractivity (Wildman–Crippen MR) is 132 cm³/mol. The first kappa shape index (κ1) is 28.2. The molecule has 170 valence electrons. The summed E-state index contributed by atoms with van der Waals surface area (Å²) < 4.78 is 5.95. The second-order valence-electron chi connectivity index (χ2n) is 10.00. The Labute approximate surface area is 182 Å². The Bertz CT molecular complexity index is 318. The zero-order valence-electron chi connectivity index (χ0n) is 21.0. The molecule has 0 fully saturated rings. The van der Waals surface area contributed by atoms with Crippen molar-refractivity contribution in [3.63, 3.8) is 0 Å². The van der Waals surface area contributed by atoms with Gasteiger partial charge < -0.3 is 4.43 Å². The molecule has 1 atom stereocenters. The molecule has 0 heterocycles. The van der Waals surface area contributed by atoms with Gasteiger partial charge in [-0.05, 0) is 30.6 Å². The molecule has 0 rings (SSSR count). The molecule has 0 aromatic rings. The quantitative estimate of drug-likeness (QED) is 0.144. The van der Waals surface area contributed by atoms with Gasteiger partial charge in [0, 0.05) is 6.10 Å². The number of hydrogen-bond acceptors (Lipinski definition) is 1. The molecule has 0 saturated heterocycles. The van der Waals surface area contributed by atoms with Gasteiger partial charge in [-0.15, -0.1) is 0 Å². The van der Waals surface area contributed by atoms with Crippen LogP contribution in [-0.2, 0) is 4.43 Å². The number of rotatable bonds is 20. The highest BCUT2D eigenvalue weighted by Crippen LogP contribution is 2.45. The Kier molecular flexibility index (Phi) is 18.1. The van der Waals surface area contributed by atoms with Crippen molar-refractivity contribution in [2.24, 2.45) is 17.3 Å². The van der Waals surface area contributed by atoms with Crippen LogP contribution in [0.25, 0.3) is 0 Å². The van der Waals surface area contributed by atoms with E-state index in [0.29, 0.717) is 23.4 Å². The molecule has 0 bridgehead atoms. The summed E-state index contributed by atoms with van der Waals surface area (Å²) in [6, 6.07) is 0. The van der Waals surface area contributed by atoms with E-state index in [1.165, 1.54) is 103 Å². The fourth-order valence-electron chi connectivity index (χ4n) is 5.41. The fourth-order valence-corrected chi connectivity index (χ4v) is 5.85. The zero-order chi connectivity index (χ0) is 21.3. The minimum Gasteiger partial charge on any atom is -0.425 e. The van der Waals surface area contributed by atoms with Crippen LogP contribution >= 0.6 is 0 Å². The molecule has 0 radical (unpaired) electrons. The standard InChI is InChI=1S/C26H56OSi/c1-7-8-9-10-11-12-13-14-15-16-17-18-19-20-21-22-26(23(2)3,24(4)5)25(6)27-28/h23-25H,7-22H2,1-6,28H3. The van der Waals surface area contributed by atoms with Crippen LogP contribution in [0.4, 0.5) is 0 Å². The third-order valence-corrected chi connectivity index (χ3v) is 8.18. The SMILES string of the molecule is CCCCCCCCCCCCCCCCCC(C(C)C)(C(C)C)C(C)O[SiH3]. The van der Waals surface area contributed by atoms with Crippen molar-refractivity contribution in [3.05, 3.63) is 0 Å². The van der Waals surface area contributed by atoms with Crippen LogP contribution in [0.3, 0.4) is 0 Å². The van der Waals surface area contributed by atoms with Crippen LogP contribution in [0.1, 0.15) is 144 Å². The summed E-state index contributed by atoms with van der Waals surface area (Å²) in [6.07, 6.45) is 23.4. The van der Waals surface area contributed by atoms with E-state index >= 15 is 0 Å². The molecule has 0 aliphatic heterocycles. The van der Waals surface area contributed by atoms with E-state index in [1.807, 2.05) is 0 Å². The molecule has 0 N–H and O–H groups in total. The fraction of sp³-hybridized carbons (Fsp3) is 1.00. The van der Waals surface area contributed by atoms with Crippen molar-refractivity contribution in [1.29, 1.82) is 0 Å². The lowest BCUT2D eigenvalue weighted by Crippen LogP contribution is -2.44. The van der Waals surface area contributed by atoms with Crippen LogP contribution in [-0.4, -0.2) is 16.6 Å². The third kappa shape index (κ3) is 11.4. The minimum absolute atomic E-state index is 0.359. The van der Waals surface area contributed by atoms with Gasteiger partial charge in [-0.25, -0.2) is 0 Å². The van der Waals surface area contributed by atoms with E-state index in [-0.39, 0.29) is 0 Å². The van der Waals surface area contributed by atoms with E-state index in [0.717, 1.165) is 10.5 Å². The number of hydrogen-bond donors (Lipinski definition) is 0. The smallest absolute Gasteiger partial charge is 0.146 e. The van der Waals surface area contributed by atoms with E-state index in [4.69, 9.17) is 4.43 Å². The molecule has 0 saturated carbocycles. The largest absolute Gasteiger partial charge is 0.425 e. The monoisotopic (exact) mass is 412 g/mol. The minimum atomic E-state index is 0.359. The average molecular weight is 413 g/mol. The second kappa shape index (κ2) is 18.0. The predicted octanol–water partition coefficient (Wildman–Crippen LogP) is 8.23. The first-order valence-corrected chi connectivity index (χ1v) is 13.8. The molecule has 28 heavy (non-hydrogen) atoms. The van der Waals surface area contributed by atoms with Crippen LogP contribution in [0, 0.1) is 17.3 Å². The molecule has 0 spiro atoms. The molecule has 0 aromatic heterocycles. The molecular formula is C26H56OSi. The van der Waals surface area contributed by atoms with Gasteiger partial charge in [-0.3, -0.25) is 0 Å². The zero-order valence-corrected chi connectivity index (χ0v) is 23.0. The lowest BCUT2D eigenvalue weighted by Gasteiger charge is -2.46. The third-order valence-electron chi connectivity index (χ3n) is 7.47. The molecule has 1 nitrogen and oxygen atoms in total. The summed E-state index contributed by atoms with van der Waals surface area (Å²) >= 11 is 0. The lowest BCUT2D eigenvalue weighted by molar-refractivity contribution is -0.0253. The topological polar surface area (TPSA) is 9.23 Å². The van der Waals surface area contributed by atoms with E-state index < -0.39 is 0 Å². The maximum atomic E-state index is 5.95. The van der Waals surface area contributed by atoms with Crippen LogP contribution < -0.4 is 0 Å². The van der Waals surface area contributed by atoms with Crippen molar-refractivity contribution in [3.8, 4) is 0 Å². The summed E-state index contributed by atoms with van der Waals surface area (Å²) in [5, 5.41) is 0. The van der Waals surface area contributed by atoms with E-state index in [1.54, 1.807) is 0 Å². The van der Waals surface area contributed by atoms with E-state index in [9.17, 15) is 0 Å². The highest BCUT2D eigenvalue weighted by Gasteiger charge is 2.41. The van der Waals surface area contributed by atoms with Crippen molar-refractivity contribution >= 4 is 10.5 Å². The Morgan fingerprint density at radius 3 is 1.18 bits per heavy atom. The normalized spacial score (nSPS) is 13.7. The summed E-state index contributed by atoms with van der Waals surface area (Å²) in [6.45, 7) is 14.2. The summed E-state index contributed by atoms with van der Waals surface area (Å²) in [5.41, 5.74) is 0.359. The summed E-state index contributed by atoms with van der Waals surface area (Å²) in [7, 11) is 0.857. The average Bonchev–Trinajstić information content (AvgIpc) is 2.66. The van der Waals surface area contributed by atoms with Crippen LogP contribution in [0.2, 0.25) is 0 Å². The van der Waals surface area contributed by atoms with Crippen molar-refractivity contribution in [2.45, 2.75) is 150 Å². The maximum absolute atomic E-state index is 5.95. The van der Waals surface area contributed by atoms with Gasteiger partial charge in [0.2, 0.25) is 0 Å². The lowest BCUT2D eigenvalue weighted by atomic mass is 9.63. The van der Waals surface area contributed by atoms with Crippen molar-refractivity contribution in [2.75, 3.05) is 0 Å². The van der Waals surface area contributed by atoms with Gasteiger partial charge in [-0.1, -0.05) is 131 Å². The first-order valence-electron chi connectivity index (χ1n) is 13.0. The highest BCUT2D eigenvalue weighted by molar-refractivity contribution is 5.98. The van der Waals surface area contributed by atoms with Gasteiger partial charge in [0.05, 0.1) is 0 Å². The molecule has 0 aromatic carbocycles. The Hall–Kier alpha value is 0.177. The number of unbranched alkanes of at least 4 members (excludes halogenated alkanes) is 14. The van der Waals surface area contributed by atoms with Gasteiger partial charge >= 0.3 is 0 Å². The van der Waals surface area contributed by atoms with Crippen LogP contribution in [0.15, 0.2) is 0 Å². The first-order chi connectivity index (χ1) is 13.4. The summed E-state index contributed by atoms with van der Waals surface area (Å²) in [4.78, 5) is 0. The second-order valence-corrected chi connectivity index (χ2v) is 10.5. The Morgan fingerprint density at radius 1 is 0.571 bits per heavy atom.